The molecule has 4 rings (SSSR count). The lowest BCUT2D eigenvalue weighted by Crippen LogP contribution is -2.21. The third-order valence-corrected chi connectivity index (χ3v) is 5.65. The van der Waals surface area contributed by atoms with Gasteiger partial charge in [-0.2, -0.15) is 13.2 Å². The zero-order valence-corrected chi connectivity index (χ0v) is 20.6. The maximum atomic E-state index is 10.6. The lowest BCUT2D eigenvalue weighted by molar-refractivity contribution is -0.192. The van der Waals surface area contributed by atoms with Crippen molar-refractivity contribution in [1.82, 2.24) is 4.90 Å². The average Bonchev–Trinajstić information content (AvgIpc) is 2.89. The van der Waals surface area contributed by atoms with E-state index in [1.807, 2.05) is 6.07 Å². The van der Waals surface area contributed by atoms with E-state index in [1.165, 1.54) is 27.8 Å². The number of carbonyl (C=O) groups is 1. The number of allylic oxidation sites excluding steroid dienone is 2. The Bertz CT molecular complexity index is 1200. The third-order valence-electron chi connectivity index (χ3n) is 5.65. The maximum absolute atomic E-state index is 10.6. The molecule has 3 aromatic rings. The Morgan fingerprint density at radius 3 is 2.35 bits per heavy atom. The standard InChI is InChI=1S/C28H29NO.C2HF3O2/c1-29(22-24-15-18-27-12-8-20-30-28(27)21-24)19-7-3-4-9-23-13-16-26(17-14-23)25-10-5-2-6-11-25;3-2(4,5)1(6)7/h2-7,9-11,13-18,21H,8,12,19-20,22H2,1H3;(H,6,7)/b7-3+,9-4+;. The largest absolute Gasteiger partial charge is 0.493 e. The fourth-order valence-corrected chi connectivity index (χ4v) is 3.76. The number of hydrogen-bond acceptors (Lipinski definition) is 3. The van der Waals surface area contributed by atoms with Crippen LogP contribution in [0, 0.1) is 0 Å². The highest BCUT2D eigenvalue weighted by atomic mass is 19.4. The number of aryl methyl sites for hydroxylation is 1. The van der Waals surface area contributed by atoms with Crippen LogP contribution in [0.5, 0.6) is 5.75 Å². The van der Waals surface area contributed by atoms with E-state index in [-0.39, 0.29) is 0 Å². The number of carboxylic acid groups (broad SMARTS) is 1. The molecule has 0 aliphatic carbocycles. The average molecular weight is 510 g/mol. The predicted molar refractivity (Wildman–Crippen MR) is 140 cm³/mol. The van der Waals surface area contributed by atoms with E-state index in [0.717, 1.165) is 38.3 Å². The normalized spacial score (nSPS) is 13.2. The summed E-state index contributed by atoms with van der Waals surface area (Å²) in [6.07, 6.45) is 5.75. The molecule has 194 valence electrons. The minimum atomic E-state index is -5.08. The molecule has 4 nitrogen and oxygen atoms in total. The first-order valence-corrected chi connectivity index (χ1v) is 11.9. The molecule has 0 fully saturated rings. The van der Waals surface area contributed by atoms with Crippen LogP contribution in [0.4, 0.5) is 13.2 Å². The zero-order valence-electron chi connectivity index (χ0n) is 20.6. The molecule has 0 aromatic heterocycles. The summed E-state index contributed by atoms with van der Waals surface area (Å²) >= 11 is 0. The van der Waals surface area contributed by atoms with Gasteiger partial charge in [-0.05, 0) is 53.8 Å². The number of halogens is 3. The van der Waals surface area contributed by atoms with Crippen molar-refractivity contribution in [2.24, 2.45) is 0 Å². The number of alkyl halides is 3. The Morgan fingerprint density at radius 2 is 1.68 bits per heavy atom. The van der Waals surface area contributed by atoms with Crippen molar-refractivity contribution in [3.8, 4) is 16.9 Å². The first-order chi connectivity index (χ1) is 17.7. The molecule has 0 amide bonds. The molecule has 0 unspecified atom stereocenters. The molecule has 1 heterocycles. The van der Waals surface area contributed by atoms with E-state index < -0.39 is 12.1 Å². The fraction of sp³-hybridized carbons (Fsp3) is 0.233. The number of rotatable bonds is 7. The molecular formula is C30H30F3NO3. The van der Waals surface area contributed by atoms with Gasteiger partial charge in [0.25, 0.3) is 0 Å². The Kier molecular flexibility index (Phi) is 10.1. The second-order valence-electron chi connectivity index (χ2n) is 8.67. The second-order valence-corrected chi connectivity index (χ2v) is 8.67. The Labute approximate surface area is 215 Å². The summed E-state index contributed by atoms with van der Waals surface area (Å²) in [6.45, 7) is 2.68. The van der Waals surface area contributed by atoms with Crippen molar-refractivity contribution in [2.45, 2.75) is 25.6 Å². The maximum Gasteiger partial charge on any atom is 0.490 e. The van der Waals surface area contributed by atoms with Crippen LogP contribution in [0.25, 0.3) is 17.2 Å². The topological polar surface area (TPSA) is 49.8 Å². The molecule has 0 atom stereocenters. The molecule has 1 aliphatic heterocycles. The number of hydrogen-bond donors (Lipinski definition) is 1. The number of nitrogens with zero attached hydrogens (tertiary/aromatic N) is 1. The van der Waals surface area contributed by atoms with E-state index in [2.05, 4.69) is 103 Å². The van der Waals surface area contributed by atoms with Gasteiger partial charge in [-0.3, -0.25) is 4.90 Å². The summed E-state index contributed by atoms with van der Waals surface area (Å²) in [5.74, 6) is -1.68. The summed E-state index contributed by atoms with van der Waals surface area (Å²) in [4.78, 5) is 11.2. The molecule has 0 saturated carbocycles. The Hall–Kier alpha value is -3.84. The number of carboxylic acids is 1. The van der Waals surface area contributed by atoms with Gasteiger partial charge in [0, 0.05) is 13.1 Å². The zero-order chi connectivity index (χ0) is 26.7. The van der Waals surface area contributed by atoms with Gasteiger partial charge >= 0.3 is 12.1 Å². The molecule has 37 heavy (non-hydrogen) atoms. The smallest absolute Gasteiger partial charge is 0.490 e. The highest BCUT2D eigenvalue weighted by Gasteiger charge is 2.38. The van der Waals surface area contributed by atoms with E-state index >= 15 is 0 Å². The first kappa shape index (κ1) is 27.7. The minimum absolute atomic E-state index is 0.844. The monoisotopic (exact) mass is 509 g/mol. The van der Waals surface area contributed by atoms with Gasteiger partial charge in [0.1, 0.15) is 5.75 Å². The first-order valence-electron chi connectivity index (χ1n) is 11.9. The fourth-order valence-electron chi connectivity index (χ4n) is 3.76. The van der Waals surface area contributed by atoms with Crippen LogP contribution in [0.2, 0.25) is 0 Å². The summed E-state index contributed by atoms with van der Waals surface area (Å²) in [6, 6.07) is 25.8. The van der Waals surface area contributed by atoms with Crippen LogP contribution >= 0.6 is 0 Å². The van der Waals surface area contributed by atoms with Crippen molar-refractivity contribution in [2.75, 3.05) is 20.2 Å². The molecule has 0 radical (unpaired) electrons. The van der Waals surface area contributed by atoms with Gasteiger partial charge in [0.05, 0.1) is 6.61 Å². The Balaban J connectivity index is 0.000000479. The van der Waals surface area contributed by atoms with E-state index in [9.17, 15) is 13.2 Å². The highest BCUT2D eigenvalue weighted by molar-refractivity contribution is 5.73. The molecule has 1 N–H and O–H groups in total. The molecular weight excluding hydrogens is 479 g/mol. The molecule has 1 aliphatic rings. The summed E-state index contributed by atoms with van der Waals surface area (Å²) in [7, 11) is 2.15. The van der Waals surface area contributed by atoms with Crippen molar-refractivity contribution < 1.29 is 27.8 Å². The molecule has 0 spiro atoms. The number of likely N-dealkylation sites (N-methyl/N-ethyl adjacent to an activating group) is 1. The van der Waals surface area contributed by atoms with Crippen LogP contribution in [-0.2, 0) is 17.8 Å². The van der Waals surface area contributed by atoms with Gasteiger partial charge < -0.3 is 9.84 Å². The molecule has 0 bridgehead atoms. The second kappa shape index (κ2) is 13.5. The van der Waals surface area contributed by atoms with Gasteiger partial charge in [0.2, 0.25) is 0 Å². The highest BCUT2D eigenvalue weighted by Crippen LogP contribution is 2.26. The molecule has 7 heteroatoms. The lowest BCUT2D eigenvalue weighted by Gasteiger charge is -2.20. The quantitative estimate of drug-likeness (QED) is 0.348. The number of aliphatic carboxylic acids is 1. The van der Waals surface area contributed by atoms with Crippen LogP contribution in [0.3, 0.4) is 0 Å². The SMILES string of the molecule is CN(C/C=C/C=C/c1ccc(-c2ccccc2)cc1)Cc1ccc2c(c1)OCCC2.O=C(O)C(F)(F)F. The Morgan fingerprint density at radius 1 is 1.00 bits per heavy atom. The predicted octanol–water partition coefficient (Wildman–Crippen LogP) is 7.01. The van der Waals surface area contributed by atoms with Crippen LogP contribution in [-0.4, -0.2) is 42.4 Å². The van der Waals surface area contributed by atoms with Crippen LogP contribution in [0.15, 0.2) is 91.0 Å². The summed E-state index contributed by atoms with van der Waals surface area (Å²) < 4.78 is 37.5. The van der Waals surface area contributed by atoms with Gasteiger partial charge in [-0.25, -0.2) is 4.79 Å². The van der Waals surface area contributed by atoms with E-state index in [1.54, 1.807) is 0 Å². The van der Waals surface area contributed by atoms with Crippen LogP contribution < -0.4 is 4.74 Å². The summed E-state index contributed by atoms with van der Waals surface area (Å²) in [5.41, 5.74) is 6.36. The lowest BCUT2D eigenvalue weighted by atomic mass is 10.0. The molecule has 3 aromatic carbocycles. The number of ether oxygens (including phenoxy) is 1. The van der Waals surface area contributed by atoms with Crippen molar-refractivity contribution >= 4 is 12.0 Å². The van der Waals surface area contributed by atoms with Crippen molar-refractivity contribution in [3.63, 3.8) is 0 Å². The number of benzene rings is 3. The van der Waals surface area contributed by atoms with Crippen LogP contribution in [0.1, 0.15) is 23.1 Å². The summed E-state index contributed by atoms with van der Waals surface area (Å²) in [5, 5.41) is 7.12. The van der Waals surface area contributed by atoms with E-state index in [4.69, 9.17) is 14.6 Å². The third kappa shape index (κ3) is 9.28. The minimum Gasteiger partial charge on any atom is -0.493 e. The van der Waals surface area contributed by atoms with E-state index in [0.29, 0.717) is 0 Å². The van der Waals surface area contributed by atoms with Gasteiger partial charge in [-0.1, -0.05) is 91.0 Å². The molecule has 0 saturated heterocycles. The number of fused-ring (bicyclic) bond motifs is 1. The van der Waals surface area contributed by atoms with Crippen molar-refractivity contribution in [1.29, 1.82) is 0 Å². The van der Waals surface area contributed by atoms with Gasteiger partial charge in [0.15, 0.2) is 0 Å². The van der Waals surface area contributed by atoms with Gasteiger partial charge in [-0.15, -0.1) is 0 Å². The van der Waals surface area contributed by atoms with Crippen molar-refractivity contribution in [3.05, 3.63) is 108 Å².